The van der Waals surface area contributed by atoms with E-state index in [1.54, 1.807) is 13.8 Å². The molecule has 3 heteroatoms. The van der Waals surface area contributed by atoms with E-state index in [9.17, 15) is 13.9 Å². The van der Waals surface area contributed by atoms with Crippen molar-refractivity contribution in [3.05, 3.63) is 35.4 Å². The minimum Gasteiger partial charge on any atom is -0.390 e. The van der Waals surface area contributed by atoms with Gasteiger partial charge in [-0.3, -0.25) is 0 Å². The molecule has 0 aliphatic heterocycles. The number of hydrogen-bond acceptors (Lipinski definition) is 1. The van der Waals surface area contributed by atoms with E-state index < -0.39 is 17.2 Å². The lowest BCUT2D eigenvalue weighted by Gasteiger charge is -2.17. The molecule has 13 heavy (non-hydrogen) atoms. The van der Waals surface area contributed by atoms with Crippen LogP contribution >= 0.6 is 0 Å². The molecule has 0 spiro atoms. The molecule has 72 valence electrons. The summed E-state index contributed by atoms with van der Waals surface area (Å²) < 4.78 is 25.5. The highest BCUT2D eigenvalue weighted by atomic mass is 19.1. The van der Waals surface area contributed by atoms with E-state index in [0.717, 1.165) is 6.07 Å². The minimum absolute atomic E-state index is 0.180. The second kappa shape index (κ2) is 3.42. The highest BCUT2D eigenvalue weighted by Crippen LogP contribution is 2.16. The van der Waals surface area contributed by atoms with Crippen LogP contribution in [0.2, 0.25) is 0 Å². The van der Waals surface area contributed by atoms with Crippen molar-refractivity contribution >= 4 is 0 Å². The Labute approximate surface area is 76.0 Å². The molecule has 1 nitrogen and oxygen atoms in total. The second-order valence-electron chi connectivity index (χ2n) is 3.72. The normalized spacial score (nSPS) is 11.8. The SMILES string of the molecule is CC(C)(O)Cc1ccc(F)cc1F. The van der Waals surface area contributed by atoms with Crippen molar-refractivity contribution in [2.75, 3.05) is 0 Å². The number of hydrogen-bond donors (Lipinski definition) is 1. The fourth-order valence-corrected chi connectivity index (χ4v) is 1.13. The van der Waals surface area contributed by atoms with Crippen LogP contribution in [-0.2, 0) is 6.42 Å². The maximum absolute atomic E-state index is 13.0. The van der Waals surface area contributed by atoms with Crippen molar-refractivity contribution in [3.8, 4) is 0 Å². The quantitative estimate of drug-likeness (QED) is 0.751. The molecule has 0 aromatic heterocycles. The van der Waals surface area contributed by atoms with Crippen LogP contribution in [0.1, 0.15) is 19.4 Å². The third-order valence-electron chi connectivity index (χ3n) is 1.64. The zero-order valence-electron chi connectivity index (χ0n) is 7.64. The molecule has 1 N–H and O–H groups in total. The molecule has 0 bridgehead atoms. The van der Waals surface area contributed by atoms with Gasteiger partial charge in [0.2, 0.25) is 0 Å². The number of rotatable bonds is 2. The van der Waals surface area contributed by atoms with Gasteiger partial charge >= 0.3 is 0 Å². The molecule has 0 saturated carbocycles. The van der Waals surface area contributed by atoms with Gasteiger partial charge in [0, 0.05) is 12.5 Å². The van der Waals surface area contributed by atoms with Gasteiger partial charge in [0.25, 0.3) is 0 Å². The van der Waals surface area contributed by atoms with Crippen LogP contribution < -0.4 is 0 Å². The predicted molar refractivity (Wildman–Crippen MR) is 46.4 cm³/mol. The summed E-state index contributed by atoms with van der Waals surface area (Å²) in [4.78, 5) is 0. The monoisotopic (exact) mass is 186 g/mol. The predicted octanol–water partition coefficient (Wildman–Crippen LogP) is 2.28. The van der Waals surface area contributed by atoms with E-state index in [4.69, 9.17) is 0 Å². The standard InChI is InChI=1S/C10H12F2O/c1-10(2,13)6-7-3-4-8(11)5-9(7)12/h3-5,13H,6H2,1-2H3. The molecule has 1 rings (SSSR count). The Bertz CT molecular complexity index is 302. The summed E-state index contributed by atoms with van der Waals surface area (Å²) >= 11 is 0. The van der Waals surface area contributed by atoms with Crippen LogP contribution in [0.4, 0.5) is 8.78 Å². The first-order chi connectivity index (χ1) is 5.88. The van der Waals surface area contributed by atoms with Gasteiger partial charge in [0.1, 0.15) is 11.6 Å². The van der Waals surface area contributed by atoms with Crippen molar-refractivity contribution in [1.82, 2.24) is 0 Å². The zero-order chi connectivity index (χ0) is 10.1. The van der Waals surface area contributed by atoms with Gasteiger partial charge in [-0.2, -0.15) is 0 Å². The molecule has 0 saturated heterocycles. The van der Waals surface area contributed by atoms with Crippen LogP contribution in [-0.4, -0.2) is 10.7 Å². The zero-order valence-corrected chi connectivity index (χ0v) is 7.64. The van der Waals surface area contributed by atoms with Gasteiger partial charge < -0.3 is 5.11 Å². The summed E-state index contributed by atoms with van der Waals surface area (Å²) in [6, 6.07) is 3.36. The topological polar surface area (TPSA) is 20.2 Å². The summed E-state index contributed by atoms with van der Waals surface area (Å²) in [6.45, 7) is 3.16. The summed E-state index contributed by atoms with van der Waals surface area (Å²) in [5.41, 5.74) is -0.646. The van der Waals surface area contributed by atoms with E-state index in [2.05, 4.69) is 0 Å². The highest BCUT2D eigenvalue weighted by molar-refractivity contribution is 5.20. The van der Waals surface area contributed by atoms with Crippen molar-refractivity contribution in [3.63, 3.8) is 0 Å². The lowest BCUT2D eigenvalue weighted by Crippen LogP contribution is -2.22. The van der Waals surface area contributed by atoms with Gasteiger partial charge in [-0.05, 0) is 25.5 Å². The average molecular weight is 186 g/mol. The molecule has 0 aliphatic carbocycles. The van der Waals surface area contributed by atoms with Gasteiger partial charge in [-0.25, -0.2) is 8.78 Å². The summed E-state index contributed by atoms with van der Waals surface area (Å²) in [5.74, 6) is -1.21. The molecule has 0 amide bonds. The third kappa shape index (κ3) is 3.11. The Balaban J connectivity index is 2.90. The first-order valence-electron chi connectivity index (χ1n) is 4.05. The number of halogens is 2. The smallest absolute Gasteiger partial charge is 0.129 e. The highest BCUT2D eigenvalue weighted by Gasteiger charge is 2.16. The van der Waals surface area contributed by atoms with Gasteiger partial charge in [-0.1, -0.05) is 6.07 Å². The Hall–Kier alpha value is -0.960. The van der Waals surface area contributed by atoms with Crippen LogP contribution in [0.25, 0.3) is 0 Å². The van der Waals surface area contributed by atoms with Crippen LogP contribution in [0.5, 0.6) is 0 Å². The fourth-order valence-electron chi connectivity index (χ4n) is 1.13. The van der Waals surface area contributed by atoms with Crippen LogP contribution in [0, 0.1) is 11.6 Å². The van der Waals surface area contributed by atoms with Gasteiger partial charge in [0.15, 0.2) is 0 Å². The van der Waals surface area contributed by atoms with Crippen LogP contribution in [0.3, 0.4) is 0 Å². The molecule has 0 aliphatic rings. The van der Waals surface area contributed by atoms with Crippen molar-refractivity contribution in [2.24, 2.45) is 0 Å². The lowest BCUT2D eigenvalue weighted by molar-refractivity contribution is 0.0800. The molecule has 0 unspecified atom stereocenters. The molecule has 1 aromatic carbocycles. The Morgan fingerprint density at radius 1 is 1.31 bits per heavy atom. The van der Waals surface area contributed by atoms with Crippen molar-refractivity contribution in [1.29, 1.82) is 0 Å². The first kappa shape index (κ1) is 10.1. The van der Waals surface area contributed by atoms with E-state index in [-0.39, 0.29) is 6.42 Å². The first-order valence-corrected chi connectivity index (χ1v) is 4.05. The van der Waals surface area contributed by atoms with Gasteiger partial charge in [-0.15, -0.1) is 0 Å². The summed E-state index contributed by atoms with van der Waals surface area (Å²) in [7, 11) is 0. The molecular formula is C10H12F2O. The lowest BCUT2D eigenvalue weighted by atomic mass is 9.98. The largest absolute Gasteiger partial charge is 0.390 e. The molecule has 0 radical (unpaired) electrons. The second-order valence-corrected chi connectivity index (χ2v) is 3.72. The van der Waals surface area contributed by atoms with E-state index in [1.807, 2.05) is 0 Å². The van der Waals surface area contributed by atoms with Gasteiger partial charge in [0.05, 0.1) is 5.60 Å². The summed E-state index contributed by atoms with van der Waals surface area (Å²) in [5, 5.41) is 9.40. The van der Waals surface area contributed by atoms with Crippen LogP contribution in [0.15, 0.2) is 18.2 Å². The molecule has 0 atom stereocenters. The van der Waals surface area contributed by atoms with E-state index in [0.29, 0.717) is 5.56 Å². The summed E-state index contributed by atoms with van der Waals surface area (Å²) in [6.07, 6.45) is 0.180. The molecule has 1 aromatic rings. The number of aliphatic hydroxyl groups is 1. The molecular weight excluding hydrogens is 174 g/mol. The maximum atomic E-state index is 13.0. The maximum Gasteiger partial charge on any atom is 0.129 e. The Morgan fingerprint density at radius 3 is 2.38 bits per heavy atom. The fraction of sp³-hybridized carbons (Fsp3) is 0.400. The minimum atomic E-state index is -0.974. The van der Waals surface area contributed by atoms with E-state index in [1.165, 1.54) is 12.1 Å². The van der Waals surface area contributed by atoms with E-state index >= 15 is 0 Å². The Morgan fingerprint density at radius 2 is 1.92 bits per heavy atom. The number of benzene rings is 1. The average Bonchev–Trinajstić information content (AvgIpc) is 1.93. The molecule has 0 fully saturated rings. The Kier molecular flexibility index (Phi) is 2.66. The third-order valence-corrected chi connectivity index (χ3v) is 1.64. The van der Waals surface area contributed by atoms with Crippen molar-refractivity contribution in [2.45, 2.75) is 25.9 Å². The van der Waals surface area contributed by atoms with Crippen molar-refractivity contribution < 1.29 is 13.9 Å². The molecule has 0 heterocycles.